The van der Waals surface area contributed by atoms with Gasteiger partial charge in [0, 0.05) is 6.54 Å². The standard InChI is InChI=1S/C14H16N2O2/c17-13-8-15-14(18)11-6-1-2-7-12(11)16(13)9-10-4-3-5-10/h1-2,6-7,10H,3-5,8-9H2,(H,15,18). The van der Waals surface area contributed by atoms with Gasteiger partial charge in [-0.2, -0.15) is 0 Å². The molecule has 1 saturated carbocycles. The molecule has 4 nitrogen and oxygen atoms in total. The number of amides is 2. The van der Waals surface area contributed by atoms with Crippen LogP contribution in [0.1, 0.15) is 29.6 Å². The van der Waals surface area contributed by atoms with Crippen LogP contribution in [0, 0.1) is 5.92 Å². The first kappa shape index (κ1) is 11.3. The Hall–Kier alpha value is -1.84. The molecule has 0 atom stereocenters. The third kappa shape index (κ3) is 1.88. The molecule has 1 fully saturated rings. The van der Waals surface area contributed by atoms with Crippen molar-refractivity contribution in [1.82, 2.24) is 5.32 Å². The van der Waals surface area contributed by atoms with E-state index < -0.39 is 0 Å². The molecule has 1 aliphatic carbocycles. The Balaban J connectivity index is 1.96. The molecule has 2 aliphatic rings. The lowest BCUT2D eigenvalue weighted by Crippen LogP contribution is -2.40. The smallest absolute Gasteiger partial charge is 0.253 e. The fourth-order valence-electron chi connectivity index (χ4n) is 2.52. The average molecular weight is 244 g/mol. The molecule has 1 aromatic rings. The van der Waals surface area contributed by atoms with Gasteiger partial charge in [-0.05, 0) is 30.9 Å². The minimum atomic E-state index is -0.157. The number of benzene rings is 1. The number of hydrogen-bond acceptors (Lipinski definition) is 2. The monoisotopic (exact) mass is 244 g/mol. The van der Waals surface area contributed by atoms with Gasteiger partial charge in [0.25, 0.3) is 5.91 Å². The first-order valence-electron chi connectivity index (χ1n) is 6.43. The third-order valence-corrected chi connectivity index (χ3v) is 3.81. The molecule has 3 rings (SSSR count). The Bertz CT molecular complexity index is 494. The lowest BCUT2D eigenvalue weighted by Gasteiger charge is -2.32. The van der Waals surface area contributed by atoms with Crippen molar-refractivity contribution >= 4 is 17.5 Å². The maximum Gasteiger partial charge on any atom is 0.253 e. The fraction of sp³-hybridized carbons (Fsp3) is 0.429. The van der Waals surface area contributed by atoms with Gasteiger partial charge in [0.15, 0.2) is 0 Å². The van der Waals surface area contributed by atoms with E-state index in [9.17, 15) is 9.59 Å². The highest BCUT2D eigenvalue weighted by Crippen LogP contribution is 2.30. The molecule has 4 heteroatoms. The molecule has 0 unspecified atom stereocenters. The predicted octanol–water partition coefficient (Wildman–Crippen LogP) is 1.56. The number of fused-ring (bicyclic) bond motifs is 1. The average Bonchev–Trinajstić information content (AvgIpc) is 2.45. The largest absolute Gasteiger partial charge is 0.343 e. The van der Waals surface area contributed by atoms with Crippen molar-refractivity contribution in [2.24, 2.45) is 5.92 Å². The van der Waals surface area contributed by atoms with Crippen LogP contribution in [0.15, 0.2) is 24.3 Å². The van der Waals surface area contributed by atoms with Crippen LogP contribution < -0.4 is 10.2 Å². The molecule has 1 aromatic carbocycles. The highest BCUT2D eigenvalue weighted by Gasteiger charge is 2.29. The molecule has 94 valence electrons. The van der Waals surface area contributed by atoms with Crippen molar-refractivity contribution in [1.29, 1.82) is 0 Å². The first-order valence-corrected chi connectivity index (χ1v) is 6.43. The van der Waals surface area contributed by atoms with E-state index in [1.54, 1.807) is 11.0 Å². The van der Waals surface area contributed by atoms with Crippen molar-refractivity contribution in [3.63, 3.8) is 0 Å². The van der Waals surface area contributed by atoms with E-state index in [-0.39, 0.29) is 18.4 Å². The number of nitrogens with one attached hydrogen (secondary N) is 1. The van der Waals surface area contributed by atoms with Crippen LogP contribution in [0.2, 0.25) is 0 Å². The van der Waals surface area contributed by atoms with Gasteiger partial charge in [-0.15, -0.1) is 0 Å². The lowest BCUT2D eigenvalue weighted by molar-refractivity contribution is -0.117. The summed E-state index contributed by atoms with van der Waals surface area (Å²) in [5.74, 6) is 0.422. The summed E-state index contributed by atoms with van der Waals surface area (Å²) < 4.78 is 0. The van der Waals surface area contributed by atoms with Crippen LogP contribution in [-0.4, -0.2) is 24.9 Å². The highest BCUT2D eigenvalue weighted by molar-refractivity contribution is 6.09. The van der Waals surface area contributed by atoms with Crippen LogP contribution in [-0.2, 0) is 4.79 Å². The second kappa shape index (κ2) is 4.44. The molecule has 1 N–H and O–H groups in total. The summed E-state index contributed by atoms with van der Waals surface area (Å²) in [6.45, 7) is 0.838. The molecule has 0 spiro atoms. The first-order chi connectivity index (χ1) is 8.75. The van der Waals surface area contributed by atoms with Gasteiger partial charge in [0.1, 0.15) is 0 Å². The molecule has 0 saturated heterocycles. The summed E-state index contributed by atoms with van der Waals surface area (Å²) in [5.41, 5.74) is 1.35. The molecular weight excluding hydrogens is 228 g/mol. The Morgan fingerprint density at radius 2 is 2.00 bits per heavy atom. The second-order valence-electron chi connectivity index (χ2n) is 5.00. The molecule has 0 aromatic heterocycles. The topological polar surface area (TPSA) is 49.4 Å². The minimum absolute atomic E-state index is 0.0137. The number of anilines is 1. The van der Waals surface area contributed by atoms with E-state index in [1.807, 2.05) is 18.2 Å². The minimum Gasteiger partial charge on any atom is -0.343 e. The summed E-state index contributed by atoms with van der Waals surface area (Å²) in [4.78, 5) is 25.8. The van der Waals surface area contributed by atoms with Crippen molar-refractivity contribution in [3.05, 3.63) is 29.8 Å². The van der Waals surface area contributed by atoms with E-state index in [0.29, 0.717) is 11.5 Å². The molecular formula is C14H16N2O2. The predicted molar refractivity (Wildman–Crippen MR) is 68.5 cm³/mol. The molecule has 0 bridgehead atoms. The van der Waals surface area contributed by atoms with Gasteiger partial charge in [0.2, 0.25) is 5.91 Å². The summed E-state index contributed by atoms with van der Waals surface area (Å²) >= 11 is 0. The van der Waals surface area contributed by atoms with E-state index >= 15 is 0 Å². The van der Waals surface area contributed by atoms with E-state index in [0.717, 1.165) is 12.2 Å². The number of carbonyl (C=O) groups is 2. The number of para-hydroxylation sites is 1. The SMILES string of the molecule is O=C1NCC(=O)N(CC2CCC2)c2ccccc21. The normalized spacial score (nSPS) is 19.9. The van der Waals surface area contributed by atoms with E-state index in [1.165, 1.54) is 19.3 Å². The molecule has 1 heterocycles. The van der Waals surface area contributed by atoms with Gasteiger partial charge in [-0.1, -0.05) is 18.6 Å². The van der Waals surface area contributed by atoms with Crippen LogP contribution in [0.5, 0.6) is 0 Å². The van der Waals surface area contributed by atoms with Crippen LogP contribution in [0.25, 0.3) is 0 Å². The lowest BCUT2D eigenvalue weighted by atomic mass is 9.85. The van der Waals surface area contributed by atoms with Crippen molar-refractivity contribution in [3.8, 4) is 0 Å². The number of nitrogens with zero attached hydrogens (tertiary/aromatic N) is 1. The highest BCUT2D eigenvalue weighted by atomic mass is 16.2. The zero-order valence-corrected chi connectivity index (χ0v) is 10.2. The van der Waals surface area contributed by atoms with Crippen molar-refractivity contribution in [2.45, 2.75) is 19.3 Å². The van der Waals surface area contributed by atoms with Gasteiger partial charge in [-0.3, -0.25) is 9.59 Å². The summed E-state index contributed by atoms with van der Waals surface area (Å²) in [6.07, 6.45) is 3.63. The van der Waals surface area contributed by atoms with Crippen molar-refractivity contribution < 1.29 is 9.59 Å². The van der Waals surface area contributed by atoms with Crippen molar-refractivity contribution in [2.75, 3.05) is 18.0 Å². The fourth-order valence-corrected chi connectivity index (χ4v) is 2.52. The van der Waals surface area contributed by atoms with E-state index in [2.05, 4.69) is 5.32 Å². The number of rotatable bonds is 2. The number of carbonyl (C=O) groups excluding carboxylic acids is 2. The summed E-state index contributed by atoms with van der Waals surface area (Å²) in [6, 6.07) is 7.34. The summed E-state index contributed by atoms with van der Waals surface area (Å²) in [5, 5.41) is 2.66. The molecule has 18 heavy (non-hydrogen) atoms. The molecule has 0 radical (unpaired) electrons. The van der Waals surface area contributed by atoms with Gasteiger partial charge in [0.05, 0.1) is 17.8 Å². The van der Waals surface area contributed by atoms with Gasteiger partial charge in [-0.25, -0.2) is 0 Å². The zero-order valence-electron chi connectivity index (χ0n) is 10.2. The van der Waals surface area contributed by atoms with Crippen LogP contribution in [0.3, 0.4) is 0 Å². The quantitative estimate of drug-likeness (QED) is 0.858. The Kier molecular flexibility index (Phi) is 2.78. The van der Waals surface area contributed by atoms with Gasteiger partial charge < -0.3 is 10.2 Å². The Morgan fingerprint density at radius 3 is 2.72 bits per heavy atom. The third-order valence-electron chi connectivity index (χ3n) is 3.81. The van der Waals surface area contributed by atoms with E-state index in [4.69, 9.17) is 0 Å². The Morgan fingerprint density at radius 1 is 1.22 bits per heavy atom. The molecule has 1 aliphatic heterocycles. The second-order valence-corrected chi connectivity index (χ2v) is 5.00. The Labute approximate surface area is 106 Å². The maximum absolute atomic E-state index is 12.1. The summed E-state index contributed by atoms with van der Waals surface area (Å²) in [7, 11) is 0. The zero-order chi connectivity index (χ0) is 12.5. The maximum atomic E-state index is 12.1. The number of hydrogen-bond donors (Lipinski definition) is 1. The van der Waals surface area contributed by atoms with Crippen LogP contribution >= 0.6 is 0 Å². The van der Waals surface area contributed by atoms with Gasteiger partial charge >= 0.3 is 0 Å². The molecule has 2 amide bonds. The van der Waals surface area contributed by atoms with Crippen LogP contribution in [0.4, 0.5) is 5.69 Å².